The molecule has 1 atom stereocenters. The molecule has 0 saturated carbocycles. The highest BCUT2D eigenvalue weighted by molar-refractivity contribution is 5.73. The molecule has 1 rings (SSSR count). The van der Waals surface area contributed by atoms with Gasteiger partial charge in [-0.1, -0.05) is 30.3 Å². The molecule has 0 heterocycles. The highest BCUT2D eigenvalue weighted by Crippen LogP contribution is 2.09. The summed E-state index contributed by atoms with van der Waals surface area (Å²) in [7, 11) is 0. The van der Waals surface area contributed by atoms with Crippen molar-refractivity contribution in [2.24, 2.45) is 5.29 Å². The molecule has 0 spiro atoms. The molecule has 1 aromatic rings. The van der Waals surface area contributed by atoms with Crippen molar-refractivity contribution in [1.82, 2.24) is 5.01 Å². The largest absolute Gasteiger partial charge is 0.273 e. The van der Waals surface area contributed by atoms with Crippen molar-refractivity contribution in [2.45, 2.75) is 26.3 Å². The molecule has 0 aliphatic carbocycles. The van der Waals surface area contributed by atoms with Crippen molar-refractivity contribution in [3.8, 4) is 0 Å². The number of amides is 1. The molecular formula is C11H14N2O2. The van der Waals surface area contributed by atoms with Crippen LogP contribution in [0.4, 0.5) is 0 Å². The lowest BCUT2D eigenvalue weighted by Crippen LogP contribution is -2.33. The van der Waals surface area contributed by atoms with Crippen molar-refractivity contribution < 1.29 is 4.79 Å². The summed E-state index contributed by atoms with van der Waals surface area (Å²) < 4.78 is 0. The van der Waals surface area contributed by atoms with E-state index < -0.39 is 0 Å². The Kier molecular flexibility index (Phi) is 3.97. The average Bonchev–Trinajstić information content (AvgIpc) is 2.19. The number of rotatable bonds is 4. The first-order chi connectivity index (χ1) is 7.15. The van der Waals surface area contributed by atoms with E-state index in [-0.39, 0.29) is 11.9 Å². The molecule has 1 amide bonds. The Morgan fingerprint density at radius 1 is 1.40 bits per heavy atom. The maximum absolute atomic E-state index is 11.0. The summed E-state index contributed by atoms with van der Waals surface area (Å²) in [4.78, 5) is 21.5. The lowest BCUT2D eigenvalue weighted by Gasteiger charge is -2.19. The fourth-order valence-electron chi connectivity index (χ4n) is 1.49. The Bertz CT molecular complexity index is 338. The third-order valence-electron chi connectivity index (χ3n) is 2.20. The van der Waals surface area contributed by atoms with Crippen LogP contribution in [-0.2, 0) is 11.2 Å². The van der Waals surface area contributed by atoms with Crippen LogP contribution in [0.3, 0.4) is 0 Å². The Morgan fingerprint density at radius 3 is 2.47 bits per heavy atom. The molecule has 0 bridgehead atoms. The number of benzene rings is 1. The van der Waals surface area contributed by atoms with Gasteiger partial charge < -0.3 is 0 Å². The monoisotopic (exact) mass is 206 g/mol. The van der Waals surface area contributed by atoms with Crippen LogP contribution in [0, 0.1) is 4.91 Å². The third-order valence-corrected chi connectivity index (χ3v) is 2.20. The van der Waals surface area contributed by atoms with Gasteiger partial charge in [0.25, 0.3) is 0 Å². The third kappa shape index (κ3) is 3.16. The van der Waals surface area contributed by atoms with E-state index in [0.29, 0.717) is 6.42 Å². The second kappa shape index (κ2) is 5.24. The molecular weight excluding hydrogens is 192 g/mol. The summed E-state index contributed by atoms with van der Waals surface area (Å²) in [6.07, 6.45) is 0.631. The number of hydrogen-bond acceptors (Lipinski definition) is 3. The van der Waals surface area contributed by atoms with Crippen LogP contribution >= 0.6 is 0 Å². The Morgan fingerprint density at radius 2 is 2.00 bits per heavy atom. The Labute approximate surface area is 88.8 Å². The number of nitroso groups, excluding NO2 is 1. The van der Waals surface area contributed by atoms with E-state index >= 15 is 0 Å². The fraction of sp³-hybridized carbons (Fsp3) is 0.364. The van der Waals surface area contributed by atoms with Crippen LogP contribution in [0.15, 0.2) is 35.6 Å². The minimum Gasteiger partial charge on any atom is -0.273 e. The molecule has 4 heteroatoms. The molecule has 0 aliphatic heterocycles. The SMILES string of the molecule is CC(=O)N(N=O)[C@H](C)Cc1ccccc1. The smallest absolute Gasteiger partial charge is 0.242 e. The zero-order valence-corrected chi connectivity index (χ0v) is 8.88. The van der Waals surface area contributed by atoms with Gasteiger partial charge in [0.2, 0.25) is 5.91 Å². The van der Waals surface area contributed by atoms with Crippen LogP contribution in [0.1, 0.15) is 19.4 Å². The van der Waals surface area contributed by atoms with E-state index in [9.17, 15) is 9.70 Å². The zero-order valence-electron chi connectivity index (χ0n) is 8.88. The van der Waals surface area contributed by atoms with Gasteiger partial charge in [0.1, 0.15) is 0 Å². The van der Waals surface area contributed by atoms with Gasteiger partial charge in [0, 0.05) is 6.92 Å². The second-order valence-corrected chi connectivity index (χ2v) is 3.48. The summed E-state index contributed by atoms with van der Waals surface area (Å²) in [5.41, 5.74) is 1.08. The maximum Gasteiger partial charge on any atom is 0.242 e. The summed E-state index contributed by atoms with van der Waals surface area (Å²) >= 11 is 0. The lowest BCUT2D eigenvalue weighted by atomic mass is 10.1. The van der Waals surface area contributed by atoms with Gasteiger partial charge >= 0.3 is 0 Å². The van der Waals surface area contributed by atoms with Crippen LogP contribution in [0.5, 0.6) is 0 Å². The predicted octanol–water partition coefficient (Wildman–Crippen LogP) is 2.15. The van der Waals surface area contributed by atoms with E-state index in [4.69, 9.17) is 0 Å². The molecule has 0 N–H and O–H groups in total. The van der Waals surface area contributed by atoms with Crippen LogP contribution in [-0.4, -0.2) is 17.0 Å². The molecule has 0 aromatic heterocycles. The van der Waals surface area contributed by atoms with Crippen LogP contribution in [0.25, 0.3) is 0 Å². The zero-order chi connectivity index (χ0) is 11.3. The standard InChI is InChI=1S/C11H14N2O2/c1-9(13(12-15)10(2)14)8-11-6-4-3-5-7-11/h3-7,9H,8H2,1-2H3/t9-/m1/s1. The van der Waals surface area contributed by atoms with Gasteiger partial charge in [-0.25, -0.2) is 0 Å². The van der Waals surface area contributed by atoms with Gasteiger partial charge in [-0.2, -0.15) is 5.01 Å². The maximum atomic E-state index is 11.0. The van der Waals surface area contributed by atoms with Crippen molar-refractivity contribution in [2.75, 3.05) is 0 Å². The summed E-state index contributed by atoms with van der Waals surface area (Å²) in [6, 6.07) is 9.49. The quantitative estimate of drug-likeness (QED) is 0.559. The topological polar surface area (TPSA) is 49.7 Å². The first-order valence-corrected chi connectivity index (χ1v) is 4.82. The van der Waals surface area contributed by atoms with Gasteiger partial charge in [-0.3, -0.25) is 4.79 Å². The minimum absolute atomic E-state index is 0.206. The van der Waals surface area contributed by atoms with E-state index in [0.717, 1.165) is 10.6 Å². The number of carbonyl (C=O) groups excluding carboxylic acids is 1. The summed E-state index contributed by atoms with van der Waals surface area (Å²) in [5.74, 6) is -0.326. The van der Waals surface area contributed by atoms with Gasteiger partial charge in [-0.15, -0.1) is 4.91 Å². The van der Waals surface area contributed by atoms with E-state index in [1.165, 1.54) is 6.92 Å². The lowest BCUT2D eigenvalue weighted by molar-refractivity contribution is -0.130. The summed E-state index contributed by atoms with van der Waals surface area (Å²) in [5, 5.41) is 3.68. The van der Waals surface area contributed by atoms with Crippen LogP contribution < -0.4 is 0 Å². The molecule has 0 fully saturated rings. The molecule has 4 nitrogen and oxygen atoms in total. The Balaban J connectivity index is 2.66. The van der Waals surface area contributed by atoms with Crippen LogP contribution in [0.2, 0.25) is 0 Å². The predicted molar refractivity (Wildman–Crippen MR) is 57.9 cm³/mol. The average molecular weight is 206 g/mol. The molecule has 0 aliphatic rings. The second-order valence-electron chi connectivity index (χ2n) is 3.48. The normalized spacial score (nSPS) is 11.9. The van der Waals surface area contributed by atoms with Crippen molar-refractivity contribution in [3.63, 3.8) is 0 Å². The van der Waals surface area contributed by atoms with Crippen molar-refractivity contribution in [1.29, 1.82) is 0 Å². The first kappa shape index (κ1) is 11.4. The van der Waals surface area contributed by atoms with E-state index in [1.54, 1.807) is 6.92 Å². The minimum atomic E-state index is -0.326. The Hall–Kier alpha value is -1.71. The van der Waals surface area contributed by atoms with Gasteiger partial charge in [-0.05, 0) is 18.9 Å². The molecule has 15 heavy (non-hydrogen) atoms. The van der Waals surface area contributed by atoms with Crippen molar-refractivity contribution in [3.05, 3.63) is 40.8 Å². The highest BCUT2D eigenvalue weighted by Gasteiger charge is 2.17. The van der Waals surface area contributed by atoms with Crippen molar-refractivity contribution >= 4 is 5.91 Å². The number of carbonyl (C=O) groups is 1. The van der Waals surface area contributed by atoms with Gasteiger partial charge in [0.15, 0.2) is 0 Å². The van der Waals surface area contributed by atoms with E-state index in [2.05, 4.69) is 5.29 Å². The number of hydrogen-bond donors (Lipinski definition) is 0. The molecule has 0 unspecified atom stereocenters. The summed E-state index contributed by atoms with van der Waals surface area (Å²) in [6.45, 7) is 3.14. The molecule has 1 aromatic carbocycles. The first-order valence-electron chi connectivity index (χ1n) is 4.82. The highest BCUT2D eigenvalue weighted by atomic mass is 16.3. The molecule has 0 saturated heterocycles. The van der Waals surface area contributed by atoms with E-state index in [1.807, 2.05) is 30.3 Å². The fourth-order valence-corrected chi connectivity index (χ4v) is 1.49. The van der Waals surface area contributed by atoms with Gasteiger partial charge in [0.05, 0.1) is 11.3 Å². The molecule has 0 radical (unpaired) electrons. The number of nitrogens with zero attached hydrogens (tertiary/aromatic N) is 2. The molecule has 80 valence electrons.